The Hall–Kier alpha value is -2.08. The molecule has 6 nitrogen and oxygen atoms in total. The standard InChI is InChI=1S/C17H24N6/c1-11(2)23-7-5-6-15(23)14-9-18-10-16(21-14)22-17-19-12(3)8-13(4)20-17/h8-11,15H,5-7H2,1-4H3,(H,19,20,21,22). The highest BCUT2D eigenvalue weighted by atomic mass is 15.2. The summed E-state index contributed by atoms with van der Waals surface area (Å²) in [4.78, 5) is 20.4. The van der Waals surface area contributed by atoms with Crippen molar-refractivity contribution in [2.45, 2.75) is 52.6 Å². The van der Waals surface area contributed by atoms with Gasteiger partial charge in [0.2, 0.25) is 5.95 Å². The Morgan fingerprint density at radius 3 is 2.57 bits per heavy atom. The fraction of sp³-hybridized carbons (Fsp3) is 0.529. The summed E-state index contributed by atoms with van der Waals surface area (Å²) in [5.41, 5.74) is 2.89. The highest BCUT2D eigenvalue weighted by Gasteiger charge is 2.29. The van der Waals surface area contributed by atoms with Crippen molar-refractivity contribution in [1.29, 1.82) is 0 Å². The molecule has 1 saturated heterocycles. The van der Waals surface area contributed by atoms with Crippen molar-refractivity contribution >= 4 is 11.8 Å². The fourth-order valence-corrected chi connectivity index (χ4v) is 3.22. The Kier molecular flexibility index (Phi) is 4.52. The van der Waals surface area contributed by atoms with Crippen LogP contribution in [0.25, 0.3) is 0 Å². The van der Waals surface area contributed by atoms with Crippen LogP contribution in [0.4, 0.5) is 11.8 Å². The zero-order chi connectivity index (χ0) is 16.4. The summed E-state index contributed by atoms with van der Waals surface area (Å²) in [5, 5.41) is 3.18. The average Bonchev–Trinajstić information content (AvgIpc) is 2.96. The predicted molar refractivity (Wildman–Crippen MR) is 90.6 cm³/mol. The smallest absolute Gasteiger partial charge is 0.228 e. The highest BCUT2D eigenvalue weighted by molar-refractivity contribution is 5.46. The van der Waals surface area contributed by atoms with Crippen LogP contribution in [0.2, 0.25) is 0 Å². The third-order valence-corrected chi connectivity index (χ3v) is 4.17. The number of hydrogen-bond acceptors (Lipinski definition) is 6. The lowest BCUT2D eigenvalue weighted by Gasteiger charge is -2.27. The van der Waals surface area contributed by atoms with Gasteiger partial charge in [0.1, 0.15) is 0 Å². The van der Waals surface area contributed by atoms with Gasteiger partial charge in [0.05, 0.1) is 24.1 Å². The van der Waals surface area contributed by atoms with Crippen molar-refractivity contribution in [2.75, 3.05) is 11.9 Å². The normalized spacial score (nSPS) is 18.6. The molecule has 2 aromatic rings. The van der Waals surface area contributed by atoms with Gasteiger partial charge in [-0.2, -0.15) is 0 Å². The molecule has 0 radical (unpaired) electrons. The van der Waals surface area contributed by atoms with Gasteiger partial charge in [-0.15, -0.1) is 0 Å². The van der Waals surface area contributed by atoms with Gasteiger partial charge < -0.3 is 5.32 Å². The summed E-state index contributed by atoms with van der Waals surface area (Å²) in [6.45, 7) is 9.51. The van der Waals surface area contributed by atoms with Crippen molar-refractivity contribution in [2.24, 2.45) is 0 Å². The molecule has 1 aliphatic heterocycles. The van der Waals surface area contributed by atoms with Gasteiger partial charge in [-0.05, 0) is 53.1 Å². The Morgan fingerprint density at radius 1 is 1.13 bits per heavy atom. The first-order valence-electron chi connectivity index (χ1n) is 8.20. The molecular weight excluding hydrogens is 288 g/mol. The molecule has 6 heteroatoms. The Balaban J connectivity index is 1.82. The summed E-state index contributed by atoms with van der Waals surface area (Å²) in [7, 11) is 0. The molecular formula is C17H24N6. The predicted octanol–water partition coefficient (Wildman–Crippen LogP) is 3.17. The number of rotatable bonds is 4. The van der Waals surface area contributed by atoms with Gasteiger partial charge in [0.15, 0.2) is 5.82 Å². The number of aromatic nitrogens is 4. The summed E-state index contributed by atoms with van der Waals surface area (Å²) < 4.78 is 0. The van der Waals surface area contributed by atoms with Crippen LogP contribution in [0.5, 0.6) is 0 Å². The van der Waals surface area contributed by atoms with Gasteiger partial charge in [-0.1, -0.05) is 0 Å². The van der Waals surface area contributed by atoms with Crippen LogP contribution in [0.3, 0.4) is 0 Å². The molecule has 0 saturated carbocycles. The molecule has 1 aliphatic rings. The second-order valence-corrected chi connectivity index (χ2v) is 6.42. The largest absolute Gasteiger partial charge is 0.307 e. The van der Waals surface area contributed by atoms with Crippen LogP contribution in [-0.4, -0.2) is 37.4 Å². The number of likely N-dealkylation sites (tertiary alicyclic amines) is 1. The third kappa shape index (κ3) is 3.64. The minimum absolute atomic E-state index is 0.351. The Morgan fingerprint density at radius 2 is 1.87 bits per heavy atom. The molecule has 3 heterocycles. The SMILES string of the molecule is Cc1cc(C)nc(Nc2cncc(C3CCCN3C(C)C)n2)n1. The second kappa shape index (κ2) is 6.58. The first-order chi connectivity index (χ1) is 11.0. The summed E-state index contributed by atoms with van der Waals surface area (Å²) >= 11 is 0. The van der Waals surface area contributed by atoms with Gasteiger partial charge in [0, 0.05) is 17.4 Å². The molecule has 2 aromatic heterocycles. The first kappa shape index (κ1) is 15.8. The van der Waals surface area contributed by atoms with E-state index in [1.165, 1.54) is 6.42 Å². The molecule has 1 N–H and O–H groups in total. The number of aryl methyl sites for hydroxylation is 2. The lowest BCUT2D eigenvalue weighted by Crippen LogP contribution is -2.30. The van der Waals surface area contributed by atoms with E-state index in [1.54, 1.807) is 6.20 Å². The van der Waals surface area contributed by atoms with Crippen molar-refractivity contribution in [3.63, 3.8) is 0 Å². The van der Waals surface area contributed by atoms with E-state index in [1.807, 2.05) is 26.1 Å². The lowest BCUT2D eigenvalue weighted by molar-refractivity contribution is 0.202. The van der Waals surface area contributed by atoms with Gasteiger partial charge >= 0.3 is 0 Å². The van der Waals surface area contributed by atoms with E-state index in [9.17, 15) is 0 Å². The topological polar surface area (TPSA) is 66.8 Å². The molecule has 0 amide bonds. The van der Waals surface area contributed by atoms with E-state index >= 15 is 0 Å². The van der Waals surface area contributed by atoms with Crippen molar-refractivity contribution < 1.29 is 0 Å². The van der Waals surface area contributed by atoms with Crippen LogP contribution in [0, 0.1) is 13.8 Å². The average molecular weight is 312 g/mol. The van der Waals surface area contributed by atoms with E-state index in [0.717, 1.165) is 30.0 Å². The molecule has 23 heavy (non-hydrogen) atoms. The van der Waals surface area contributed by atoms with Crippen LogP contribution in [0.15, 0.2) is 18.5 Å². The van der Waals surface area contributed by atoms with E-state index < -0.39 is 0 Å². The second-order valence-electron chi connectivity index (χ2n) is 6.42. The molecule has 3 rings (SSSR count). The minimum atomic E-state index is 0.351. The fourth-order valence-electron chi connectivity index (χ4n) is 3.22. The molecule has 0 spiro atoms. The Bertz CT molecular complexity index is 664. The molecule has 122 valence electrons. The number of hydrogen-bond donors (Lipinski definition) is 1. The van der Waals surface area contributed by atoms with Gasteiger partial charge in [-0.25, -0.2) is 15.0 Å². The third-order valence-electron chi connectivity index (χ3n) is 4.17. The van der Waals surface area contributed by atoms with Crippen LogP contribution < -0.4 is 5.32 Å². The summed E-state index contributed by atoms with van der Waals surface area (Å²) in [5.74, 6) is 1.27. The Labute approximate surface area is 137 Å². The first-order valence-corrected chi connectivity index (χ1v) is 8.20. The van der Waals surface area contributed by atoms with Crippen LogP contribution in [0.1, 0.15) is 49.8 Å². The molecule has 1 unspecified atom stereocenters. The summed E-state index contributed by atoms with van der Waals surface area (Å²) in [6.07, 6.45) is 5.94. The molecule has 0 aliphatic carbocycles. The molecule has 1 fully saturated rings. The minimum Gasteiger partial charge on any atom is -0.307 e. The lowest BCUT2D eigenvalue weighted by atomic mass is 10.1. The molecule has 0 bridgehead atoms. The summed E-state index contributed by atoms with van der Waals surface area (Å²) in [6, 6.07) is 2.82. The maximum atomic E-state index is 4.75. The van der Waals surface area contributed by atoms with Crippen LogP contribution >= 0.6 is 0 Å². The van der Waals surface area contributed by atoms with E-state index in [4.69, 9.17) is 4.98 Å². The van der Waals surface area contributed by atoms with Gasteiger partial charge in [-0.3, -0.25) is 9.88 Å². The van der Waals surface area contributed by atoms with E-state index in [2.05, 4.69) is 39.0 Å². The maximum absolute atomic E-state index is 4.75. The van der Waals surface area contributed by atoms with Crippen molar-refractivity contribution in [3.05, 3.63) is 35.5 Å². The number of nitrogens with zero attached hydrogens (tertiary/aromatic N) is 5. The van der Waals surface area contributed by atoms with Crippen molar-refractivity contribution in [3.8, 4) is 0 Å². The maximum Gasteiger partial charge on any atom is 0.228 e. The monoisotopic (exact) mass is 312 g/mol. The highest BCUT2D eigenvalue weighted by Crippen LogP contribution is 2.32. The van der Waals surface area contributed by atoms with E-state index in [0.29, 0.717) is 23.8 Å². The number of anilines is 2. The van der Waals surface area contributed by atoms with Crippen LogP contribution in [-0.2, 0) is 0 Å². The van der Waals surface area contributed by atoms with Crippen molar-refractivity contribution in [1.82, 2.24) is 24.8 Å². The van der Waals surface area contributed by atoms with Gasteiger partial charge in [0.25, 0.3) is 0 Å². The zero-order valence-electron chi connectivity index (χ0n) is 14.2. The van der Waals surface area contributed by atoms with E-state index in [-0.39, 0.29) is 0 Å². The quantitative estimate of drug-likeness (QED) is 0.935. The molecule has 0 aromatic carbocycles. The molecule has 1 atom stereocenters. The number of nitrogens with one attached hydrogen (secondary N) is 1. The zero-order valence-corrected chi connectivity index (χ0v) is 14.2.